The Morgan fingerprint density at radius 3 is 2.54 bits per heavy atom. The van der Waals surface area contributed by atoms with E-state index < -0.39 is 0 Å². The van der Waals surface area contributed by atoms with Gasteiger partial charge in [0.1, 0.15) is 0 Å². The van der Waals surface area contributed by atoms with Crippen LogP contribution in [0, 0.1) is 11.3 Å². The van der Waals surface area contributed by atoms with E-state index in [0.29, 0.717) is 17.0 Å². The molecule has 2 aromatic rings. The van der Waals surface area contributed by atoms with Gasteiger partial charge < -0.3 is 15.5 Å². The van der Waals surface area contributed by atoms with Gasteiger partial charge in [-0.25, -0.2) is 0 Å². The van der Waals surface area contributed by atoms with Gasteiger partial charge in [-0.05, 0) is 29.8 Å². The van der Waals surface area contributed by atoms with Crippen molar-refractivity contribution in [2.24, 2.45) is 0 Å². The molecule has 5 heteroatoms. The summed E-state index contributed by atoms with van der Waals surface area (Å²) in [5.41, 5.74) is 4.40. The molecule has 0 radical (unpaired) electrons. The summed E-state index contributed by atoms with van der Waals surface area (Å²) < 4.78 is 0. The average molecular weight is 341 g/mol. The lowest BCUT2D eigenvalue weighted by molar-refractivity contribution is 1.11. The minimum Gasteiger partial charge on any atom is -0.387 e. The van der Waals surface area contributed by atoms with E-state index in [4.69, 9.17) is 11.6 Å². The maximum absolute atomic E-state index is 9.41. The van der Waals surface area contributed by atoms with Crippen LogP contribution >= 0.6 is 11.6 Å². The van der Waals surface area contributed by atoms with Gasteiger partial charge in [0.25, 0.3) is 0 Å². The molecule has 2 N–H and O–H groups in total. The summed E-state index contributed by atoms with van der Waals surface area (Å²) in [5, 5.41) is 16.4. The molecule has 4 nitrogen and oxygen atoms in total. The Hall–Kier alpha value is -2.64. The summed E-state index contributed by atoms with van der Waals surface area (Å²) in [6, 6.07) is 16.0. The van der Waals surface area contributed by atoms with Crippen molar-refractivity contribution in [1.82, 2.24) is 0 Å². The summed E-state index contributed by atoms with van der Waals surface area (Å²) in [5.74, 6) is 0. The second kappa shape index (κ2) is 8.28. The third kappa shape index (κ3) is 4.43. The molecule has 0 aromatic heterocycles. The molecule has 0 saturated heterocycles. The van der Waals surface area contributed by atoms with Gasteiger partial charge in [-0.15, -0.1) is 0 Å². The van der Waals surface area contributed by atoms with Crippen LogP contribution in [0.5, 0.6) is 0 Å². The van der Waals surface area contributed by atoms with Gasteiger partial charge in [0.2, 0.25) is 0 Å². The summed E-state index contributed by atoms with van der Waals surface area (Å²) in [7, 11) is 5.73. The van der Waals surface area contributed by atoms with Crippen molar-refractivity contribution < 1.29 is 0 Å². The fourth-order valence-electron chi connectivity index (χ4n) is 2.32. The van der Waals surface area contributed by atoms with Crippen LogP contribution in [-0.2, 0) is 6.42 Å². The van der Waals surface area contributed by atoms with Crippen LogP contribution in [0.3, 0.4) is 0 Å². The van der Waals surface area contributed by atoms with E-state index in [2.05, 4.69) is 16.7 Å². The van der Waals surface area contributed by atoms with E-state index in [9.17, 15) is 5.26 Å². The minimum absolute atomic E-state index is 0.531. The van der Waals surface area contributed by atoms with Crippen LogP contribution in [0.15, 0.2) is 54.2 Å². The number of benzene rings is 2. The third-order valence-corrected chi connectivity index (χ3v) is 3.99. The number of allylic oxidation sites excluding steroid dienone is 1. The first-order valence-electron chi connectivity index (χ1n) is 7.63. The largest absolute Gasteiger partial charge is 0.387 e. The number of nitrogens with zero attached hydrogens (tertiary/aromatic N) is 2. The number of hydrogen-bond donors (Lipinski definition) is 2. The fourth-order valence-corrected chi connectivity index (χ4v) is 2.70. The highest BCUT2D eigenvalue weighted by Crippen LogP contribution is 2.34. The van der Waals surface area contributed by atoms with Gasteiger partial charge >= 0.3 is 0 Å². The van der Waals surface area contributed by atoms with Crippen LogP contribution in [0.2, 0.25) is 5.02 Å². The lowest BCUT2D eigenvalue weighted by Crippen LogP contribution is -2.11. The highest BCUT2D eigenvalue weighted by molar-refractivity contribution is 6.36. The van der Waals surface area contributed by atoms with E-state index in [1.54, 1.807) is 6.20 Å². The lowest BCUT2D eigenvalue weighted by atomic mass is 10.0. The van der Waals surface area contributed by atoms with Gasteiger partial charge in [0.15, 0.2) is 0 Å². The van der Waals surface area contributed by atoms with Crippen molar-refractivity contribution >= 4 is 28.7 Å². The quantitative estimate of drug-likeness (QED) is 0.760. The van der Waals surface area contributed by atoms with Crippen LogP contribution in [-0.4, -0.2) is 21.1 Å². The monoisotopic (exact) mass is 340 g/mol. The summed E-state index contributed by atoms with van der Waals surface area (Å²) in [6.45, 7) is 0. The zero-order chi connectivity index (χ0) is 17.5. The number of rotatable bonds is 6. The molecule has 0 fully saturated rings. The van der Waals surface area contributed by atoms with Crippen molar-refractivity contribution in [3.63, 3.8) is 0 Å². The SMILES string of the molecule is CNc1cc(CC(C#N)=CNc2ccccc2)cc(N(C)C)c1Cl. The Morgan fingerprint density at radius 2 is 1.96 bits per heavy atom. The van der Waals surface area contributed by atoms with Crippen molar-refractivity contribution in [2.45, 2.75) is 6.42 Å². The predicted molar refractivity (Wildman–Crippen MR) is 103 cm³/mol. The maximum Gasteiger partial charge on any atom is 0.0965 e. The Kier molecular flexibility index (Phi) is 6.11. The Balaban J connectivity index is 2.24. The molecular weight excluding hydrogens is 320 g/mol. The summed E-state index contributed by atoms with van der Waals surface area (Å²) in [4.78, 5) is 1.96. The number of anilines is 3. The van der Waals surface area contributed by atoms with Crippen molar-refractivity contribution in [2.75, 3.05) is 36.7 Å². The smallest absolute Gasteiger partial charge is 0.0965 e. The van der Waals surface area contributed by atoms with Crippen LogP contribution in [0.1, 0.15) is 5.56 Å². The van der Waals surface area contributed by atoms with E-state index in [1.165, 1.54) is 0 Å². The molecule has 124 valence electrons. The molecule has 0 bridgehead atoms. The highest BCUT2D eigenvalue weighted by atomic mass is 35.5. The summed E-state index contributed by atoms with van der Waals surface area (Å²) >= 11 is 6.39. The first-order valence-corrected chi connectivity index (χ1v) is 8.01. The molecule has 0 amide bonds. The number of nitriles is 1. The number of hydrogen-bond acceptors (Lipinski definition) is 4. The molecule has 0 unspecified atom stereocenters. The zero-order valence-electron chi connectivity index (χ0n) is 14.1. The maximum atomic E-state index is 9.41. The van der Waals surface area contributed by atoms with E-state index in [1.807, 2.05) is 68.5 Å². The van der Waals surface area contributed by atoms with Gasteiger partial charge in [-0.3, -0.25) is 0 Å². The zero-order valence-corrected chi connectivity index (χ0v) is 14.9. The van der Waals surface area contributed by atoms with Gasteiger partial charge in [0.05, 0.1) is 22.5 Å². The van der Waals surface area contributed by atoms with E-state index in [0.717, 1.165) is 22.6 Å². The van der Waals surface area contributed by atoms with Crippen molar-refractivity contribution in [3.8, 4) is 6.07 Å². The van der Waals surface area contributed by atoms with E-state index >= 15 is 0 Å². The van der Waals surface area contributed by atoms with Gasteiger partial charge in [-0.1, -0.05) is 29.8 Å². The number of para-hydroxylation sites is 1. The van der Waals surface area contributed by atoms with E-state index in [-0.39, 0.29) is 0 Å². The summed E-state index contributed by atoms with van der Waals surface area (Å²) in [6.07, 6.45) is 2.28. The molecule has 0 aliphatic rings. The second-order valence-electron chi connectivity index (χ2n) is 5.59. The van der Waals surface area contributed by atoms with Crippen molar-refractivity contribution in [1.29, 1.82) is 5.26 Å². The molecule has 0 aliphatic heterocycles. The Bertz CT molecular complexity index is 761. The topological polar surface area (TPSA) is 51.1 Å². The molecule has 0 saturated carbocycles. The molecule has 24 heavy (non-hydrogen) atoms. The van der Waals surface area contributed by atoms with Crippen LogP contribution in [0.4, 0.5) is 17.1 Å². The molecule has 2 rings (SSSR count). The van der Waals surface area contributed by atoms with Gasteiger partial charge in [0, 0.05) is 45.0 Å². The first-order chi connectivity index (χ1) is 11.5. The number of nitrogens with one attached hydrogen (secondary N) is 2. The Labute approximate surface area is 148 Å². The normalized spacial score (nSPS) is 10.9. The minimum atomic E-state index is 0.531. The fraction of sp³-hybridized carbons (Fsp3) is 0.211. The molecular formula is C19H21ClN4. The van der Waals surface area contributed by atoms with Crippen molar-refractivity contribution in [3.05, 3.63) is 64.8 Å². The Morgan fingerprint density at radius 1 is 1.25 bits per heavy atom. The molecule has 0 heterocycles. The first kappa shape index (κ1) is 17.7. The molecule has 0 spiro atoms. The third-order valence-electron chi connectivity index (χ3n) is 3.59. The lowest BCUT2D eigenvalue weighted by Gasteiger charge is -2.18. The second-order valence-corrected chi connectivity index (χ2v) is 5.97. The number of halogens is 1. The van der Waals surface area contributed by atoms with Gasteiger partial charge in [-0.2, -0.15) is 5.26 Å². The molecule has 0 atom stereocenters. The highest BCUT2D eigenvalue weighted by Gasteiger charge is 2.11. The predicted octanol–water partition coefficient (Wildman–Crippen LogP) is 4.51. The van der Waals surface area contributed by atoms with Crippen LogP contribution in [0.25, 0.3) is 0 Å². The average Bonchev–Trinajstić information content (AvgIpc) is 2.60. The molecule has 0 aliphatic carbocycles. The standard InChI is InChI=1S/C19H21ClN4/c1-22-17-10-14(11-18(19(17)20)24(2)3)9-15(12-21)13-23-16-7-5-4-6-8-16/h4-8,10-11,13,22-23H,9H2,1-3H3. The van der Waals surface area contributed by atoms with Crippen LogP contribution < -0.4 is 15.5 Å². The molecule has 2 aromatic carbocycles.